The molecule has 1 aliphatic heterocycles. The Morgan fingerprint density at radius 2 is 1.88 bits per heavy atom. The van der Waals surface area contributed by atoms with E-state index in [9.17, 15) is 4.79 Å². The maximum atomic E-state index is 13.0. The fourth-order valence-electron chi connectivity index (χ4n) is 3.15. The number of rotatable bonds is 6. The van der Waals surface area contributed by atoms with Gasteiger partial charge in [-0.15, -0.1) is 0 Å². The van der Waals surface area contributed by atoms with Gasteiger partial charge in [-0.25, -0.2) is 0 Å². The molecule has 1 N–H and O–H groups in total. The van der Waals surface area contributed by atoms with Crippen LogP contribution in [-0.4, -0.2) is 11.2 Å². The fraction of sp³-hybridized carbons (Fsp3) is 0.350. The molecule has 0 saturated carbocycles. The number of benzene rings is 2. The maximum Gasteiger partial charge on any atom is 0.231 e. The molecule has 2 aromatic rings. The minimum Gasteiger partial charge on any atom is -0.379 e. The summed E-state index contributed by atoms with van der Waals surface area (Å²) in [7, 11) is 0. The van der Waals surface area contributed by atoms with E-state index in [0.717, 1.165) is 53.6 Å². The van der Waals surface area contributed by atoms with E-state index in [1.807, 2.05) is 41.3 Å². The highest BCUT2D eigenvalue weighted by atomic mass is 79.9. The molecule has 0 spiro atoms. The van der Waals surface area contributed by atoms with Gasteiger partial charge in [0.2, 0.25) is 5.91 Å². The molecule has 0 unspecified atom stereocenters. The number of nitrogens with zero attached hydrogens (tertiary/aromatic N) is 1. The van der Waals surface area contributed by atoms with Crippen molar-refractivity contribution in [2.45, 2.75) is 38.6 Å². The first-order chi connectivity index (χ1) is 12.2. The van der Waals surface area contributed by atoms with Gasteiger partial charge in [-0.1, -0.05) is 58.6 Å². The lowest BCUT2D eigenvalue weighted by Crippen LogP contribution is -2.26. The molecule has 0 saturated heterocycles. The van der Waals surface area contributed by atoms with E-state index in [1.54, 1.807) is 0 Å². The monoisotopic (exact) mass is 420 g/mol. The number of hydrogen-bond acceptors (Lipinski definition) is 2. The number of anilines is 3. The second kappa shape index (κ2) is 8.72. The van der Waals surface area contributed by atoms with Gasteiger partial charge in [0.15, 0.2) is 0 Å². The number of amides is 1. The molecule has 132 valence electrons. The van der Waals surface area contributed by atoms with E-state index in [4.69, 9.17) is 11.6 Å². The van der Waals surface area contributed by atoms with Crippen molar-refractivity contribution in [1.29, 1.82) is 0 Å². The van der Waals surface area contributed by atoms with Crippen LogP contribution in [0.5, 0.6) is 0 Å². The molecule has 1 amide bonds. The van der Waals surface area contributed by atoms with Gasteiger partial charge in [0.05, 0.1) is 17.1 Å². The van der Waals surface area contributed by atoms with Gasteiger partial charge in [-0.2, -0.15) is 0 Å². The van der Waals surface area contributed by atoms with Gasteiger partial charge in [0.1, 0.15) is 0 Å². The van der Waals surface area contributed by atoms with Crippen LogP contribution >= 0.6 is 27.5 Å². The molecule has 3 nitrogen and oxygen atoms in total. The number of fused-ring (bicyclic) bond motifs is 2. The van der Waals surface area contributed by atoms with Crippen molar-refractivity contribution in [2.75, 3.05) is 15.5 Å². The summed E-state index contributed by atoms with van der Waals surface area (Å²) in [4.78, 5) is 14.9. The molecular weight excluding hydrogens is 400 g/mol. The molecular formula is C20H22BrClN2O. The number of nitrogens with one attached hydrogen (secondary N) is 1. The van der Waals surface area contributed by atoms with Crippen LogP contribution in [0.2, 0.25) is 5.02 Å². The highest BCUT2D eigenvalue weighted by molar-refractivity contribution is 9.09. The SMILES string of the molecule is O=C(CCCCCCBr)N1c2ccccc2CNc2cc(Cl)ccc21. The summed E-state index contributed by atoms with van der Waals surface area (Å²) in [6.07, 6.45) is 4.87. The molecule has 0 aromatic heterocycles. The Bertz CT molecular complexity index is 750. The van der Waals surface area contributed by atoms with Crippen molar-refractivity contribution in [3.63, 3.8) is 0 Å². The van der Waals surface area contributed by atoms with Gasteiger partial charge >= 0.3 is 0 Å². The summed E-state index contributed by atoms with van der Waals surface area (Å²) >= 11 is 9.60. The topological polar surface area (TPSA) is 32.3 Å². The molecule has 1 heterocycles. The molecule has 5 heteroatoms. The number of para-hydroxylation sites is 1. The summed E-state index contributed by atoms with van der Waals surface area (Å²) in [6.45, 7) is 0.679. The van der Waals surface area contributed by atoms with Crippen LogP contribution in [0.1, 0.15) is 37.7 Å². The van der Waals surface area contributed by atoms with Gasteiger partial charge in [-0.05, 0) is 42.7 Å². The molecule has 0 radical (unpaired) electrons. The largest absolute Gasteiger partial charge is 0.379 e. The predicted octanol–water partition coefficient (Wildman–Crippen LogP) is 6.28. The minimum atomic E-state index is 0.138. The third kappa shape index (κ3) is 4.36. The third-order valence-corrected chi connectivity index (χ3v) is 5.22. The van der Waals surface area contributed by atoms with Crippen molar-refractivity contribution in [3.05, 3.63) is 53.1 Å². The first-order valence-corrected chi connectivity index (χ1v) is 10.2. The van der Waals surface area contributed by atoms with Crippen LogP contribution in [0.3, 0.4) is 0 Å². The second-order valence-corrected chi connectivity index (χ2v) is 7.46. The molecule has 25 heavy (non-hydrogen) atoms. The molecule has 2 aromatic carbocycles. The zero-order valence-corrected chi connectivity index (χ0v) is 16.4. The van der Waals surface area contributed by atoms with Crippen molar-refractivity contribution in [3.8, 4) is 0 Å². The molecule has 1 aliphatic rings. The van der Waals surface area contributed by atoms with Crippen molar-refractivity contribution >= 4 is 50.5 Å². The summed E-state index contributed by atoms with van der Waals surface area (Å²) in [6, 6.07) is 13.7. The lowest BCUT2D eigenvalue weighted by atomic mass is 10.1. The smallest absolute Gasteiger partial charge is 0.231 e. The van der Waals surface area contributed by atoms with E-state index in [2.05, 4.69) is 27.3 Å². The average molecular weight is 422 g/mol. The second-order valence-electron chi connectivity index (χ2n) is 6.23. The number of halogens is 2. The van der Waals surface area contributed by atoms with Gasteiger partial charge < -0.3 is 5.32 Å². The van der Waals surface area contributed by atoms with Crippen molar-refractivity contribution < 1.29 is 4.79 Å². The Morgan fingerprint density at radius 1 is 1.08 bits per heavy atom. The highest BCUT2D eigenvalue weighted by Crippen LogP contribution is 2.39. The van der Waals surface area contributed by atoms with Crippen molar-refractivity contribution in [2.24, 2.45) is 0 Å². The number of alkyl halides is 1. The van der Waals surface area contributed by atoms with Crippen LogP contribution in [-0.2, 0) is 11.3 Å². The standard InChI is InChI=1S/C20H22BrClN2O/c21-12-6-2-1-3-9-20(25)24-18-8-5-4-7-15(18)14-23-17-13-16(22)10-11-19(17)24/h4-5,7-8,10-11,13,23H,1-3,6,9,12,14H2. The number of hydrogen-bond donors (Lipinski definition) is 1. The minimum absolute atomic E-state index is 0.138. The highest BCUT2D eigenvalue weighted by Gasteiger charge is 2.25. The van der Waals surface area contributed by atoms with Crippen LogP contribution in [0.15, 0.2) is 42.5 Å². The molecule has 0 atom stereocenters. The lowest BCUT2D eigenvalue weighted by Gasteiger charge is -2.24. The molecule has 0 fully saturated rings. The maximum absolute atomic E-state index is 13.0. The molecule has 0 aliphatic carbocycles. The number of unbranched alkanes of at least 4 members (excludes halogenated alkanes) is 3. The Balaban J connectivity index is 1.87. The van der Waals surface area contributed by atoms with Crippen LogP contribution in [0.4, 0.5) is 17.1 Å². The van der Waals surface area contributed by atoms with Gasteiger partial charge in [0, 0.05) is 23.3 Å². The van der Waals surface area contributed by atoms with Crippen molar-refractivity contribution in [1.82, 2.24) is 0 Å². The average Bonchev–Trinajstić information content (AvgIpc) is 2.78. The Labute approximate surface area is 162 Å². The Kier molecular flexibility index (Phi) is 6.38. The van der Waals surface area contributed by atoms with Crippen LogP contribution < -0.4 is 10.2 Å². The van der Waals surface area contributed by atoms with E-state index in [1.165, 1.54) is 0 Å². The summed E-state index contributed by atoms with van der Waals surface area (Å²) in [5.74, 6) is 0.138. The van der Waals surface area contributed by atoms with Crippen LogP contribution in [0, 0.1) is 0 Å². The van der Waals surface area contributed by atoms with E-state index >= 15 is 0 Å². The summed E-state index contributed by atoms with van der Waals surface area (Å²) in [5.41, 5.74) is 3.85. The number of carbonyl (C=O) groups is 1. The van der Waals surface area contributed by atoms with Gasteiger partial charge in [-0.3, -0.25) is 9.69 Å². The van der Waals surface area contributed by atoms with Gasteiger partial charge in [0.25, 0.3) is 0 Å². The zero-order valence-electron chi connectivity index (χ0n) is 14.1. The Morgan fingerprint density at radius 3 is 2.72 bits per heavy atom. The van der Waals surface area contributed by atoms with E-state index < -0.39 is 0 Å². The third-order valence-electron chi connectivity index (χ3n) is 4.42. The van der Waals surface area contributed by atoms with E-state index in [0.29, 0.717) is 18.0 Å². The zero-order chi connectivity index (χ0) is 17.6. The van der Waals surface area contributed by atoms with Crippen LogP contribution in [0.25, 0.3) is 0 Å². The van der Waals surface area contributed by atoms with E-state index in [-0.39, 0.29) is 5.91 Å². The molecule has 3 rings (SSSR count). The summed E-state index contributed by atoms with van der Waals surface area (Å²) in [5, 5.41) is 5.10. The normalized spacial score (nSPS) is 12.8. The quantitative estimate of drug-likeness (QED) is 0.440. The predicted molar refractivity (Wildman–Crippen MR) is 109 cm³/mol. The number of carbonyl (C=O) groups excluding carboxylic acids is 1. The molecule has 0 bridgehead atoms. The fourth-order valence-corrected chi connectivity index (χ4v) is 3.72. The Hall–Kier alpha value is -1.52. The summed E-state index contributed by atoms with van der Waals surface area (Å²) < 4.78 is 0. The first-order valence-electron chi connectivity index (χ1n) is 8.71. The lowest BCUT2D eigenvalue weighted by molar-refractivity contribution is -0.118. The first kappa shape index (κ1) is 18.3.